The van der Waals surface area contributed by atoms with Gasteiger partial charge in [-0.25, -0.2) is 0 Å². The molecule has 20 heavy (non-hydrogen) atoms. The van der Waals surface area contributed by atoms with Gasteiger partial charge in [-0.2, -0.15) is 0 Å². The zero-order valence-electron chi connectivity index (χ0n) is 12.4. The summed E-state index contributed by atoms with van der Waals surface area (Å²) in [6.07, 6.45) is 10.1. The van der Waals surface area contributed by atoms with Crippen molar-refractivity contribution in [3.05, 3.63) is 33.8 Å². The maximum absolute atomic E-state index is 10.0. The minimum atomic E-state index is -0.302. The summed E-state index contributed by atoms with van der Waals surface area (Å²) in [4.78, 5) is 0. The molecule has 1 rings (SSSR count). The van der Waals surface area contributed by atoms with Crippen molar-refractivity contribution in [1.82, 2.24) is 0 Å². The molecule has 114 valence electrons. The van der Waals surface area contributed by atoms with E-state index in [2.05, 4.69) is 6.92 Å². The number of aliphatic hydroxyl groups is 1. The Balaban J connectivity index is 2.15. The lowest BCUT2D eigenvalue weighted by atomic mass is 10.0. The first-order valence-corrected chi connectivity index (χ1v) is 8.51. The summed E-state index contributed by atoms with van der Waals surface area (Å²) >= 11 is 12.0. The predicted octanol–water partition coefficient (Wildman–Crippen LogP) is 6.04. The molecule has 1 atom stereocenters. The fraction of sp³-hybridized carbons (Fsp3) is 0.647. The van der Waals surface area contributed by atoms with Crippen LogP contribution in [0.5, 0.6) is 0 Å². The van der Waals surface area contributed by atoms with Gasteiger partial charge in [0.25, 0.3) is 0 Å². The fourth-order valence-corrected chi connectivity index (χ4v) is 2.87. The van der Waals surface area contributed by atoms with Crippen molar-refractivity contribution in [3.8, 4) is 0 Å². The van der Waals surface area contributed by atoms with E-state index in [1.807, 2.05) is 12.1 Å². The van der Waals surface area contributed by atoms with Gasteiger partial charge in [-0.05, 0) is 30.5 Å². The molecule has 0 bridgehead atoms. The first-order chi connectivity index (χ1) is 9.63. The summed E-state index contributed by atoms with van der Waals surface area (Å²) in [6, 6.07) is 5.46. The highest BCUT2D eigenvalue weighted by atomic mass is 35.5. The Morgan fingerprint density at radius 3 is 2.30 bits per heavy atom. The molecule has 3 heteroatoms. The van der Waals surface area contributed by atoms with Crippen molar-refractivity contribution in [2.75, 3.05) is 0 Å². The van der Waals surface area contributed by atoms with Crippen molar-refractivity contribution >= 4 is 23.2 Å². The number of unbranched alkanes of at least 4 members (excludes halogenated alkanes) is 6. The first-order valence-electron chi connectivity index (χ1n) is 7.75. The van der Waals surface area contributed by atoms with Crippen LogP contribution < -0.4 is 0 Å². The fourth-order valence-electron chi connectivity index (χ4n) is 2.38. The molecule has 0 aliphatic carbocycles. The van der Waals surface area contributed by atoms with E-state index < -0.39 is 0 Å². The van der Waals surface area contributed by atoms with Gasteiger partial charge in [0.15, 0.2) is 0 Å². The van der Waals surface area contributed by atoms with Crippen LogP contribution >= 0.6 is 23.2 Å². The normalized spacial score (nSPS) is 12.6. The average Bonchev–Trinajstić information content (AvgIpc) is 2.41. The lowest BCUT2D eigenvalue weighted by Crippen LogP contribution is -2.10. The van der Waals surface area contributed by atoms with E-state index in [0.717, 1.165) is 18.4 Å². The van der Waals surface area contributed by atoms with Crippen molar-refractivity contribution < 1.29 is 5.11 Å². The molecule has 0 spiro atoms. The third-order valence-corrected chi connectivity index (χ3v) is 4.20. The Morgan fingerprint density at radius 1 is 1.00 bits per heavy atom. The molecule has 0 fully saturated rings. The molecule has 1 aromatic rings. The molecule has 0 aromatic heterocycles. The molecule has 0 aliphatic heterocycles. The SMILES string of the molecule is CCCCCCCCCC(O)Cc1ccc(Cl)cc1Cl. The van der Waals surface area contributed by atoms with Crippen molar-refractivity contribution in [2.24, 2.45) is 0 Å². The second-order valence-electron chi connectivity index (χ2n) is 5.50. The minimum Gasteiger partial charge on any atom is -0.393 e. The first kappa shape index (κ1) is 17.8. The van der Waals surface area contributed by atoms with Crippen LogP contribution in [0.15, 0.2) is 18.2 Å². The van der Waals surface area contributed by atoms with Crippen LogP contribution in [0.1, 0.15) is 63.9 Å². The van der Waals surface area contributed by atoms with E-state index >= 15 is 0 Å². The standard InChI is InChI=1S/C17H26Cl2O/c1-2-3-4-5-6-7-8-9-16(20)12-14-10-11-15(18)13-17(14)19/h10-11,13,16,20H,2-9,12H2,1H3. The number of aliphatic hydroxyl groups excluding tert-OH is 1. The van der Waals surface area contributed by atoms with Crippen molar-refractivity contribution in [2.45, 2.75) is 70.8 Å². The Hall–Kier alpha value is -0.240. The van der Waals surface area contributed by atoms with Gasteiger partial charge < -0.3 is 5.11 Å². The summed E-state index contributed by atoms with van der Waals surface area (Å²) < 4.78 is 0. The Bertz CT molecular complexity index is 379. The topological polar surface area (TPSA) is 20.2 Å². The lowest BCUT2D eigenvalue weighted by molar-refractivity contribution is 0.161. The number of halogens is 2. The largest absolute Gasteiger partial charge is 0.393 e. The average molecular weight is 317 g/mol. The van der Waals surface area contributed by atoms with E-state index in [9.17, 15) is 5.11 Å². The zero-order chi connectivity index (χ0) is 14.8. The molecule has 1 unspecified atom stereocenters. The van der Waals surface area contributed by atoms with Gasteiger partial charge in [0.2, 0.25) is 0 Å². The van der Waals surface area contributed by atoms with Gasteiger partial charge in [0.1, 0.15) is 0 Å². The van der Waals surface area contributed by atoms with Crippen LogP contribution in [-0.2, 0) is 6.42 Å². The Kier molecular flexibility index (Phi) is 9.33. The van der Waals surface area contributed by atoms with Gasteiger partial charge >= 0.3 is 0 Å². The number of hydrogen-bond donors (Lipinski definition) is 1. The summed E-state index contributed by atoms with van der Waals surface area (Å²) in [5.41, 5.74) is 0.978. The third kappa shape index (κ3) is 7.52. The molecule has 0 radical (unpaired) electrons. The van der Waals surface area contributed by atoms with Crippen LogP contribution in [0.2, 0.25) is 10.0 Å². The van der Waals surface area contributed by atoms with Gasteiger partial charge in [-0.15, -0.1) is 0 Å². The quantitative estimate of drug-likeness (QED) is 0.522. The van der Waals surface area contributed by atoms with Crippen molar-refractivity contribution in [1.29, 1.82) is 0 Å². The molecule has 0 amide bonds. The highest BCUT2D eigenvalue weighted by Gasteiger charge is 2.08. The third-order valence-electron chi connectivity index (χ3n) is 3.61. The van der Waals surface area contributed by atoms with Crippen LogP contribution in [-0.4, -0.2) is 11.2 Å². The van der Waals surface area contributed by atoms with Crippen LogP contribution in [0.4, 0.5) is 0 Å². The summed E-state index contributed by atoms with van der Waals surface area (Å²) in [5.74, 6) is 0. The van der Waals surface area contributed by atoms with Crippen LogP contribution in [0.25, 0.3) is 0 Å². The predicted molar refractivity (Wildman–Crippen MR) is 88.8 cm³/mol. The molecule has 1 N–H and O–H groups in total. The zero-order valence-corrected chi connectivity index (χ0v) is 13.9. The number of rotatable bonds is 10. The Labute approximate surface area is 133 Å². The second kappa shape index (κ2) is 10.5. The molecule has 0 aliphatic rings. The van der Waals surface area contributed by atoms with Gasteiger partial charge in [0.05, 0.1) is 6.10 Å². The smallest absolute Gasteiger partial charge is 0.0581 e. The lowest BCUT2D eigenvalue weighted by Gasteiger charge is -2.12. The second-order valence-corrected chi connectivity index (χ2v) is 6.35. The van der Waals surface area contributed by atoms with Gasteiger partial charge in [0, 0.05) is 10.0 Å². The van der Waals surface area contributed by atoms with Gasteiger partial charge in [-0.1, -0.05) is 81.1 Å². The van der Waals surface area contributed by atoms with Gasteiger partial charge in [-0.3, -0.25) is 0 Å². The van der Waals surface area contributed by atoms with E-state index in [0.29, 0.717) is 16.5 Å². The van der Waals surface area contributed by atoms with E-state index in [-0.39, 0.29) is 6.10 Å². The van der Waals surface area contributed by atoms with E-state index in [4.69, 9.17) is 23.2 Å². The van der Waals surface area contributed by atoms with E-state index in [1.165, 1.54) is 38.5 Å². The highest BCUT2D eigenvalue weighted by molar-refractivity contribution is 6.35. The Morgan fingerprint density at radius 2 is 1.65 bits per heavy atom. The summed E-state index contributed by atoms with van der Waals surface area (Å²) in [7, 11) is 0. The molecule has 1 aromatic carbocycles. The molecular weight excluding hydrogens is 291 g/mol. The number of benzene rings is 1. The molecule has 0 saturated heterocycles. The highest BCUT2D eigenvalue weighted by Crippen LogP contribution is 2.23. The van der Waals surface area contributed by atoms with E-state index in [1.54, 1.807) is 6.07 Å². The molecule has 1 nitrogen and oxygen atoms in total. The maximum atomic E-state index is 10.0. The monoisotopic (exact) mass is 316 g/mol. The molecule has 0 saturated carbocycles. The maximum Gasteiger partial charge on any atom is 0.0581 e. The van der Waals surface area contributed by atoms with Crippen LogP contribution in [0, 0.1) is 0 Å². The minimum absolute atomic E-state index is 0.302. The number of hydrogen-bond acceptors (Lipinski definition) is 1. The molecular formula is C17H26Cl2O. The summed E-state index contributed by atoms with van der Waals surface area (Å²) in [6.45, 7) is 2.23. The van der Waals surface area contributed by atoms with Crippen LogP contribution in [0.3, 0.4) is 0 Å². The van der Waals surface area contributed by atoms with Crippen molar-refractivity contribution in [3.63, 3.8) is 0 Å². The molecule has 0 heterocycles. The summed E-state index contributed by atoms with van der Waals surface area (Å²) in [5, 5.41) is 11.3.